The molecule has 8 heteroatoms. The summed E-state index contributed by atoms with van der Waals surface area (Å²) in [5.74, 6) is -1.01. The van der Waals surface area contributed by atoms with Gasteiger partial charge < -0.3 is 9.47 Å². The Kier molecular flexibility index (Phi) is 4.35. The van der Waals surface area contributed by atoms with Crippen LogP contribution in [0.4, 0.5) is 4.39 Å². The van der Waals surface area contributed by atoms with Gasteiger partial charge in [-0.1, -0.05) is 22.9 Å². The van der Waals surface area contributed by atoms with Gasteiger partial charge in [-0.3, -0.25) is 0 Å². The molecule has 1 aliphatic rings. The van der Waals surface area contributed by atoms with Crippen LogP contribution in [0.25, 0.3) is 5.69 Å². The van der Waals surface area contributed by atoms with Gasteiger partial charge in [-0.05, 0) is 18.6 Å². The molecule has 0 aliphatic carbocycles. The molecule has 0 amide bonds. The van der Waals surface area contributed by atoms with Crippen molar-refractivity contribution in [2.45, 2.75) is 6.42 Å². The topological polar surface area (TPSA) is 66.2 Å². The Morgan fingerprint density at radius 2 is 2.41 bits per heavy atom. The van der Waals surface area contributed by atoms with E-state index in [-0.39, 0.29) is 28.9 Å². The maximum absolute atomic E-state index is 13.9. The normalized spacial score (nSPS) is 17.6. The van der Waals surface area contributed by atoms with Gasteiger partial charge in [0.1, 0.15) is 5.69 Å². The number of hydrogen-bond acceptors (Lipinski definition) is 5. The molecule has 0 spiro atoms. The molecule has 0 N–H and O–H groups in total. The third-order valence-electron chi connectivity index (χ3n) is 3.35. The van der Waals surface area contributed by atoms with Crippen LogP contribution in [0.1, 0.15) is 16.9 Å². The summed E-state index contributed by atoms with van der Waals surface area (Å²) in [7, 11) is 0. The Morgan fingerprint density at radius 3 is 3.18 bits per heavy atom. The van der Waals surface area contributed by atoms with Gasteiger partial charge in [0, 0.05) is 12.5 Å². The van der Waals surface area contributed by atoms with Crippen LogP contribution in [0.5, 0.6) is 0 Å². The van der Waals surface area contributed by atoms with Crippen LogP contribution in [0.15, 0.2) is 24.4 Å². The first-order valence-corrected chi connectivity index (χ1v) is 7.14. The molecule has 1 fully saturated rings. The highest BCUT2D eigenvalue weighted by Gasteiger charge is 2.20. The van der Waals surface area contributed by atoms with Gasteiger partial charge in [-0.25, -0.2) is 13.9 Å². The zero-order chi connectivity index (χ0) is 15.5. The van der Waals surface area contributed by atoms with Crippen molar-refractivity contribution in [2.75, 3.05) is 19.8 Å². The summed E-state index contributed by atoms with van der Waals surface area (Å²) in [6.45, 7) is 1.55. The van der Waals surface area contributed by atoms with Gasteiger partial charge in [-0.2, -0.15) is 0 Å². The largest absolute Gasteiger partial charge is 0.460 e. The van der Waals surface area contributed by atoms with Gasteiger partial charge in [0.15, 0.2) is 11.5 Å². The number of esters is 1. The monoisotopic (exact) mass is 325 g/mol. The van der Waals surface area contributed by atoms with E-state index >= 15 is 0 Å². The highest BCUT2D eigenvalue weighted by atomic mass is 35.5. The van der Waals surface area contributed by atoms with Gasteiger partial charge in [-0.15, -0.1) is 5.10 Å². The number of halogens is 2. The van der Waals surface area contributed by atoms with Crippen molar-refractivity contribution < 1.29 is 18.7 Å². The van der Waals surface area contributed by atoms with E-state index in [1.54, 1.807) is 6.07 Å². The summed E-state index contributed by atoms with van der Waals surface area (Å²) >= 11 is 5.72. The standard InChI is InChI=1S/C14H13ClFN3O3/c15-10-2-1-3-12(13(10)16)19-6-11(17-18-19)14(20)22-8-9-4-5-21-7-9/h1-3,6,9H,4-5,7-8H2/t9-/m0/s1. The highest BCUT2D eigenvalue weighted by Crippen LogP contribution is 2.20. The fraction of sp³-hybridized carbons (Fsp3) is 0.357. The number of nitrogens with zero attached hydrogens (tertiary/aromatic N) is 3. The molecule has 1 aromatic heterocycles. The molecule has 22 heavy (non-hydrogen) atoms. The molecular weight excluding hydrogens is 313 g/mol. The molecule has 6 nitrogen and oxygen atoms in total. The molecule has 0 unspecified atom stereocenters. The van der Waals surface area contributed by atoms with Crippen molar-refractivity contribution in [3.05, 3.63) is 40.9 Å². The van der Waals surface area contributed by atoms with Gasteiger partial charge in [0.2, 0.25) is 0 Å². The summed E-state index contributed by atoms with van der Waals surface area (Å²) < 4.78 is 25.4. The number of benzene rings is 1. The van der Waals surface area contributed by atoms with E-state index in [2.05, 4.69) is 10.3 Å². The molecule has 1 aromatic carbocycles. The number of rotatable bonds is 4. The number of hydrogen-bond donors (Lipinski definition) is 0. The Balaban J connectivity index is 1.70. The first-order valence-electron chi connectivity index (χ1n) is 6.77. The number of carbonyl (C=O) groups excluding carboxylic acids is 1. The molecule has 0 radical (unpaired) electrons. The lowest BCUT2D eigenvalue weighted by Gasteiger charge is -2.07. The molecule has 0 bridgehead atoms. The Labute approximate surface area is 130 Å². The molecule has 3 rings (SSSR count). The Bertz CT molecular complexity index is 686. The summed E-state index contributed by atoms with van der Waals surface area (Å²) in [4.78, 5) is 11.9. The molecule has 116 valence electrons. The second kappa shape index (κ2) is 6.41. The SMILES string of the molecule is O=C(OC[C@H]1CCOC1)c1cn(-c2cccc(Cl)c2F)nn1. The smallest absolute Gasteiger partial charge is 0.360 e. The molecule has 0 saturated carbocycles. The minimum absolute atomic E-state index is 0.0123. The van der Waals surface area contributed by atoms with Crippen molar-refractivity contribution in [1.82, 2.24) is 15.0 Å². The van der Waals surface area contributed by atoms with Crippen molar-refractivity contribution in [3.8, 4) is 5.69 Å². The van der Waals surface area contributed by atoms with E-state index in [0.29, 0.717) is 13.2 Å². The summed E-state index contributed by atoms with van der Waals surface area (Å²) in [6.07, 6.45) is 2.18. The lowest BCUT2D eigenvalue weighted by Crippen LogP contribution is -2.14. The first-order chi connectivity index (χ1) is 10.6. The van der Waals surface area contributed by atoms with Crippen LogP contribution >= 0.6 is 11.6 Å². The maximum Gasteiger partial charge on any atom is 0.360 e. The Hall–Kier alpha value is -1.99. The number of ether oxygens (including phenoxy) is 2. The quantitative estimate of drug-likeness (QED) is 0.807. The van der Waals surface area contributed by atoms with Crippen LogP contribution in [0, 0.1) is 11.7 Å². The van der Waals surface area contributed by atoms with E-state index in [1.165, 1.54) is 18.3 Å². The van der Waals surface area contributed by atoms with E-state index in [0.717, 1.165) is 11.1 Å². The van der Waals surface area contributed by atoms with E-state index in [1.807, 2.05) is 0 Å². The van der Waals surface area contributed by atoms with E-state index < -0.39 is 11.8 Å². The summed E-state index contributed by atoms with van der Waals surface area (Å²) in [5, 5.41) is 7.41. The highest BCUT2D eigenvalue weighted by molar-refractivity contribution is 6.30. The average molecular weight is 326 g/mol. The second-order valence-electron chi connectivity index (χ2n) is 4.95. The first kappa shape index (κ1) is 14.9. The zero-order valence-corrected chi connectivity index (χ0v) is 12.3. The lowest BCUT2D eigenvalue weighted by atomic mass is 10.1. The number of carbonyl (C=O) groups is 1. The van der Waals surface area contributed by atoms with Crippen molar-refractivity contribution in [3.63, 3.8) is 0 Å². The lowest BCUT2D eigenvalue weighted by molar-refractivity contribution is 0.0421. The molecule has 2 heterocycles. The minimum atomic E-state index is -0.628. The fourth-order valence-corrected chi connectivity index (χ4v) is 2.30. The maximum atomic E-state index is 13.9. The third kappa shape index (κ3) is 3.10. The molecule has 2 aromatic rings. The van der Waals surface area contributed by atoms with Gasteiger partial charge in [0.05, 0.1) is 24.4 Å². The van der Waals surface area contributed by atoms with Crippen molar-refractivity contribution in [1.29, 1.82) is 0 Å². The third-order valence-corrected chi connectivity index (χ3v) is 3.65. The van der Waals surface area contributed by atoms with Gasteiger partial charge in [0.25, 0.3) is 0 Å². The zero-order valence-electron chi connectivity index (χ0n) is 11.5. The number of aromatic nitrogens is 3. The van der Waals surface area contributed by atoms with Crippen molar-refractivity contribution >= 4 is 17.6 Å². The molecule has 1 aliphatic heterocycles. The Morgan fingerprint density at radius 1 is 1.55 bits per heavy atom. The predicted molar refractivity (Wildman–Crippen MR) is 75.5 cm³/mol. The molecule has 1 atom stereocenters. The molecular formula is C14H13ClFN3O3. The van der Waals surface area contributed by atoms with Gasteiger partial charge >= 0.3 is 5.97 Å². The van der Waals surface area contributed by atoms with Crippen LogP contribution in [-0.2, 0) is 9.47 Å². The van der Waals surface area contributed by atoms with Crippen molar-refractivity contribution in [2.24, 2.45) is 5.92 Å². The summed E-state index contributed by atoms with van der Waals surface area (Å²) in [5.41, 5.74) is 0.126. The van der Waals surface area contributed by atoms with Crippen LogP contribution in [0.3, 0.4) is 0 Å². The van der Waals surface area contributed by atoms with E-state index in [4.69, 9.17) is 21.1 Å². The van der Waals surface area contributed by atoms with Crippen LogP contribution in [-0.4, -0.2) is 40.8 Å². The summed E-state index contributed by atoms with van der Waals surface area (Å²) in [6, 6.07) is 4.50. The fourth-order valence-electron chi connectivity index (χ4n) is 2.13. The van der Waals surface area contributed by atoms with Crippen LogP contribution < -0.4 is 0 Å². The van der Waals surface area contributed by atoms with Crippen LogP contribution in [0.2, 0.25) is 5.02 Å². The van der Waals surface area contributed by atoms with E-state index in [9.17, 15) is 9.18 Å². The predicted octanol–water partition coefficient (Wildman–Crippen LogP) is 2.25. The molecule has 1 saturated heterocycles. The minimum Gasteiger partial charge on any atom is -0.460 e. The average Bonchev–Trinajstić information content (AvgIpc) is 3.18. The second-order valence-corrected chi connectivity index (χ2v) is 5.36.